The average Bonchev–Trinajstić information content (AvgIpc) is 2.35. The van der Waals surface area contributed by atoms with Crippen LogP contribution in [0.15, 0.2) is 42.5 Å². The Balaban J connectivity index is 2.48. The van der Waals surface area contributed by atoms with Crippen molar-refractivity contribution in [3.05, 3.63) is 69.7 Å². The van der Waals surface area contributed by atoms with Crippen LogP contribution in [-0.4, -0.2) is 7.05 Å². The van der Waals surface area contributed by atoms with Crippen LogP contribution < -0.4 is 5.32 Å². The molecule has 0 saturated heterocycles. The molecule has 0 aliphatic rings. The normalized spacial score (nSPS) is 12.4. The van der Waals surface area contributed by atoms with E-state index in [0.717, 1.165) is 5.02 Å². The maximum absolute atomic E-state index is 6.11. The Labute approximate surface area is 114 Å². The molecule has 0 spiro atoms. The van der Waals surface area contributed by atoms with Gasteiger partial charge in [0, 0.05) is 5.02 Å². The van der Waals surface area contributed by atoms with Gasteiger partial charge in [0.05, 0.1) is 6.04 Å². The SMILES string of the molecule is CNC(c1cccc(C)c1)c1cc(Cl)ccc1C. The molecule has 1 atom stereocenters. The fourth-order valence-electron chi connectivity index (χ4n) is 2.27. The second-order valence-electron chi connectivity index (χ2n) is 4.64. The molecule has 0 radical (unpaired) electrons. The fraction of sp³-hybridized carbons (Fsp3) is 0.250. The largest absolute Gasteiger partial charge is 0.309 e. The first kappa shape index (κ1) is 13.1. The molecule has 1 unspecified atom stereocenters. The van der Waals surface area contributed by atoms with Crippen molar-refractivity contribution in [3.8, 4) is 0 Å². The van der Waals surface area contributed by atoms with Crippen molar-refractivity contribution in [1.29, 1.82) is 0 Å². The number of aryl methyl sites for hydroxylation is 2. The lowest BCUT2D eigenvalue weighted by molar-refractivity contribution is 0.687. The molecule has 0 aromatic heterocycles. The van der Waals surface area contributed by atoms with E-state index >= 15 is 0 Å². The Hall–Kier alpha value is -1.31. The number of halogens is 1. The van der Waals surface area contributed by atoms with Crippen LogP contribution in [0.4, 0.5) is 0 Å². The highest BCUT2D eigenvalue weighted by Gasteiger charge is 2.14. The summed E-state index contributed by atoms with van der Waals surface area (Å²) in [5.41, 5.74) is 5.02. The molecule has 2 aromatic rings. The summed E-state index contributed by atoms with van der Waals surface area (Å²) >= 11 is 6.11. The van der Waals surface area contributed by atoms with Crippen molar-refractivity contribution < 1.29 is 0 Å². The van der Waals surface area contributed by atoms with E-state index in [1.807, 2.05) is 19.2 Å². The summed E-state index contributed by atoms with van der Waals surface area (Å²) < 4.78 is 0. The van der Waals surface area contributed by atoms with Gasteiger partial charge in [-0.15, -0.1) is 0 Å². The van der Waals surface area contributed by atoms with E-state index in [2.05, 4.69) is 49.5 Å². The second kappa shape index (κ2) is 5.55. The van der Waals surface area contributed by atoms with Crippen LogP contribution in [0.3, 0.4) is 0 Å². The standard InChI is InChI=1S/C16H18ClN/c1-11-5-4-6-13(9-11)16(18-3)15-10-14(17)8-7-12(15)2/h4-10,16,18H,1-3H3. The van der Waals surface area contributed by atoms with Crippen molar-refractivity contribution in [2.75, 3.05) is 7.05 Å². The molecular weight excluding hydrogens is 242 g/mol. The lowest BCUT2D eigenvalue weighted by atomic mass is 9.94. The zero-order chi connectivity index (χ0) is 13.1. The van der Waals surface area contributed by atoms with Gasteiger partial charge in [0.1, 0.15) is 0 Å². The quantitative estimate of drug-likeness (QED) is 0.868. The van der Waals surface area contributed by atoms with Crippen LogP contribution in [0.25, 0.3) is 0 Å². The third kappa shape index (κ3) is 2.74. The van der Waals surface area contributed by atoms with Crippen molar-refractivity contribution in [3.63, 3.8) is 0 Å². The third-order valence-corrected chi connectivity index (χ3v) is 3.45. The van der Waals surface area contributed by atoms with Gasteiger partial charge in [-0.3, -0.25) is 0 Å². The molecule has 0 fully saturated rings. The lowest BCUT2D eigenvalue weighted by Crippen LogP contribution is -2.18. The Morgan fingerprint density at radius 3 is 2.50 bits per heavy atom. The van der Waals surface area contributed by atoms with E-state index < -0.39 is 0 Å². The summed E-state index contributed by atoms with van der Waals surface area (Å²) in [6, 6.07) is 14.8. The number of hydrogen-bond acceptors (Lipinski definition) is 1. The maximum atomic E-state index is 6.11. The highest BCUT2D eigenvalue weighted by atomic mass is 35.5. The van der Waals surface area contributed by atoms with Crippen LogP contribution in [-0.2, 0) is 0 Å². The zero-order valence-corrected chi connectivity index (χ0v) is 11.8. The van der Waals surface area contributed by atoms with Gasteiger partial charge >= 0.3 is 0 Å². The molecule has 1 N–H and O–H groups in total. The van der Waals surface area contributed by atoms with E-state index in [4.69, 9.17) is 11.6 Å². The van der Waals surface area contributed by atoms with Crippen LogP contribution >= 0.6 is 11.6 Å². The first-order chi connectivity index (χ1) is 8.61. The van der Waals surface area contributed by atoms with E-state index in [0.29, 0.717) is 0 Å². The maximum Gasteiger partial charge on any atom is 0.0577 e. The van der Waals surface area contributed by atoms with Crippen molar-refractivity contribution in [2.45, 2.75) is 19.9 Å². The molecular formula is C16H18ClN. The van der Waals surface area contributed by atoms with Crippen molar-refractivity contribution in [1.82, 2.24) is 5.32 Å². The summed E-state index contributed by atoms with van der Waals surface area (Å²) in [5, 5.41) is 4.15. The molecule has 1 nitrogen and oxygen atoms in total. The zero-order valence-electron chi connectivity index (χ0n) is 11.0. The third-order valence-electron chi connectivity index (χ3n) is 3.22. The van der Waals surface area contributed by atoms with E-state index in [1.165, 1.54) is 22.3 Å². The Bertz CT molecular complexity index is 549. The van der Waals surface area contributed by atoms with Crippen LogP contribution in [0.1, 0.15) is 28.3 Å². The Morgan fingerprint density at radius 2 is 1.83 bits per heavy atom. The first-order valence-corrected chi connectivity index (χ1v) is 6.49. The van der Waals surface area contributed by atoms with Gasteiger partial charge in [-0.25, -0.2) is 0 Å². The number of hydrogen-bond donors (Lipinski definition) is 1. The smallest absolute Gasteiger partial charge is 0.0577 e. The summed E-state index contributed by atoms with van der Waals surface area (Å²) in [5.74, 6) is 0. The second-order valence-corrected chi connectivity index (χ2v) is 5.07. The fourth-order valence-corrected chi connectivity index (χ4v) is 2.45. The molecule has 0 aliphatic heterocycles. The molecule has 0 bridgehead atoms. The summed E-state index contributed by atoms with van der Waals surface area (Å²) in [7, 11) is 1.98. The minimum absolute atomic E-state index is 0.184. The summed E-state index contributed by atoms with van der Waals surface area (Å²) in [6.45, 7) is 4.23. The average molecular weight is 260 g/mol. The summed E-state index contributed by atoms with van der Waals surface area (Å²) in [4.78, 5) is 0. The molecule has 0 heterocycles. The van der Waals surface area contributed by atoms with E-state index in [-0.39, 0.29) is 6.04 Å². The Morgan fingerprint density at radius 1 is 1.06 bits per heavy atom. The van der Waals surface area contributed by atoms with Gasteiger partial charge in [0.25, 0.3) is 0 Å². The first-order valence-electron chi connectivity index (χ1n) is 6.11. The molecule has 18 heavy (non-hydrogen) atoms. The number of nitrogens with one attached hydrogen (secondary N) is 1. The minimum Gasteiger partial charge on any atom is -0.309 e. The predicted molar refractivity (Wildman–Crippen MR) is 78.3 cm³/mol. The van der Waals surface area contributed by atoms with E-state index in [1.54, 1.807) is 0 Å². The van der Waals surface area contributed by atoms with Gasteiger partial charge in [0.15, 0.2) is 0 Å². The predicted octanol–water partition coefficient (Wildman–Crippen LogP) is 4.27. The number of rotatable bonds is 3. The van der Waals surface area contributed by atoms with Gasteiger partial charge in [0.2, 0.25) is 0 Å². The molecule has 2 aromatic carbocycles. The van der Waals surface area contributed by atoms with Gasteiger partial charge in [-0.2, -0.15) is 0 Å². The van der Waals surface area contributed by atoms with Crippen LogP contribution in [0.5, 0.6) is 0 Å². The highest BCUT2D eigenvalue weighted by molar-refractivity contribution is 6.30. The lowest BCUT2D eigenvalue weighted by Gasteiger charge is -2.20. The monoisotopic (exact) mass is 259 g/mol. The number of benzene rings is 2. The topological polar surface area (TPSA) is 12.0 Å². The van der Waals surface area contributed by atoms with Crippen molar-refractivity contribution >= 4 is 11.6 Å². The van der Waals surface area contributed by atoms with Crippen LogP contribution in [0, 0.1) is 13.8 Å². The van der Waals surface area contributed by atoms with Crippen LogP contribution in [0.2, 0.25) is 5.02 Å². The Kier molecular flexibility index (Phi) is 4.05. The van der Waals surface area contributed by atoms with E-state index in [9.17, 15) is 0 Å². The highest BCUT2D eigenvalue weighted by Crippen LogP contribution is 2.27. The summed E-state index contributed by atoms with van der Waals surface area (Å²) in [6.07, 6.45) is 0. The van der Waals surface area contributed by atoms with Gasteiger partial charge in [-0.05, 0) is 49.7 Å². The van der Waals surface area contributed by atoms with Gasteiger partial charge in [-0.1, -0.05) is 47.5 Å². The molecule has 2 heteroatoms. The molecule has 2 rings (SSSR count). The molecule has 0 saturated carbocycles. The molecule has 94 valence electrons. The van der Waals surface area contributed by atoms with Gasteiger partial charge < -0.3 is 5.32 Å². The van der Waals surface area contributed by atoms with Crippen molar-refractivity contribution in [2.24, 2.45) is 0 Å². The minimum atomic E-state index is 0.184. The molecule has 0 amide bonds. The molecule has 0 aliphatic carbocycles.